The fourth-order valence-electron chi connectivity index (χ4n) is 2.98. The summed E-state index contributed by atoms with van der Waals surface area (Å²) in [6, 6.07) is 4.76. The molecule has 3 nitrogen and oxygen atoms in total. The van der Waals surface area contributed by atoms with Crippen molar-refractivity contribution in [3.63, 3.8) is 0 Å². The van der Waals surface area contributed by atoms with Crippen LogP contribution < -0.4 is 14.8 Å². The lowest BCUT2D eigenvalue weighted by Crippen LogP contribution is -2.31. The quantitative estimate of drug-likeness (QED) is 0.878. The van der Waals surface area contributed by atoms with Gasteiger partial charge >= 0.3 is 0 Å². The Kier molecular flexibility index (Phi) is 5.33. The molecule has 1 aliphatic carbocycles. The van der Waals surface area contributed by atoms with Gasteiger partial charge in [-0.2, -0.15) is 0 Å². The Morgan fingerprint density at radius 3 is 2.50 bits per heavy atom. The lowest BCUT2D eigenvalue weighted by atomic mass is 9.97. The fraction of sp³-hybridized carbons (Fsp3) is 0.625. The third kappa shape index (κ3) is 3.29. The molecule has 0 bridgehead atoms. The predicted molar refractivity (Wildman–Crippen MR) is 85.4 cm³/mol. The third-order valence-corrected chi connectivity index (χ3v) is 5.12. The molecule has 3 unspecified atom stereocenters. The van der Waals surface area contributed by atoms with Gasteiger partial charge in [-0.25, -0.2) is 0 Å². The Labute approximate surface area is 130 Å². The van der Waals surface area contributed by atoms with Gasteiger partial charge in [0.15, 0.2) is 11.5 Å². The second kappa shape index (κ2) is 6.81. The second-order valence-corrected chi connectivity index (χ2v) is 6.57. The standard InChI is InChI=1S/C16H24BrNO2/c1-10-5-6-14(11(10)2)18-9-12-7-13(17)16(20-4)15(8-12)19-3/h7-8,10-11,14,18H,5-6,9H2,1-4H3. The minimum Gasteiger partial charge on any atom is -0.493 e. The van der Waals surface area contributed by atoms with Gasteiger partial charge in [0.25, 0.3) is 0 Å². The third-order valence-electron chi connectivity index (χ3n) is 4.53. The Morgan fingerprint density at radius 2 is 1.95 bits per heavy atom. The van der Waals surface area contributed by atoms with Gasteiger partial charge in [-0.1, -0.05) is 13.8 Å². The molecule has 1 N–H and O–H groups in total. The first kappa shape index (κ1) is 15.6. The molecule has 1 aromatic rings. The molecule has 0 saturated heterocycles. The summed E-state index contributed by atoms with van der Waals surface area (Å²) in [6.07, 6.45) is 2.60. The van der Waals surface area contributed by atoms with Crippen molar-refractivity contribution in [3.05, 3.63) is 22.2 Å². The van der Waals surface area contributed by atoms with Crippen LogP contribution in [0.15, 0.2) is 16.6 Å². The van der Waals surface area contributed by atoms with Gasteiger partial charge in [0.2, 0.25) is 0 Å². The zero-order valence-electron chi connectivity index (χ0n) is 12.7. The Bertz CT molecular complexity index is 464. The molecule has 112 valence electrons. The lowest BCUT2D eigenvalue weighted by Gasteiger charge is -2.20. The molecule has 0 aliphatic heterocycles. The van der Waals surface area contributed by atoms with Crippen LogP contribution in [0.3, 0.4) is 0 Å². The zero-order valence-corrected chi connectivity index (χ0v) is 14.3. The molecule has 2 rings (SSSR count). The summed E-state index contributed by atoms with van der Waals surface area (Å²) in [4.78, 5) is 0. The van der Waals surface area contributed by atoms with Gasteiger partial charge in [-0.3, -0.25) is 0 Å². The number of hydrogen-bond donors (Lipinski definition) is 1. The summed E-state index contributed by atoms with van der Waals surface area (Å²) in [5, 5.41) is 3.68. The smallest absolute Gasteiger partial charge is 0.174 e. The lowest BCUT2D eigenvalue weighted by molar-refractivity contribution is 0.351. The summed E-state index contributed by atoms with van der Waals surface area (Å²) in [5.74, 6) is 3.09. The summed E-state index contributed by atoms with van der Waals surface area (Å²) in [6.45, 7) is 5.56. The van der Waals surface area contributed by atoms with E-state index in [9.17, 15) is 0 Å². The molecule has 20 heavy (non-hydrogen) atoms. The van der Waals surface area contributed by atoms with Crippen LogP contribution in [0.2, 0.25) is 0 Å². The van der Waals surface area contributed by atoms with Crippen LogP contribution in [-0.4, -0.2) is 20.3 Å². The van der Waals surface area contributed by atoms with Gasteiger partial charge in [0, 0.05) is 12.6 Å². The average molecular weight is 342 g/mol. The van der Waals surface area contributed by atoms with E-state index in [1.54, 1.807) is 14.2 Å². The summed E-state index contributed by atoms with van der Waals surface area (Å²) in [5.41, 5.74) is 1.21. The number of halogens is 1. The van der Waals surface area contributed by atoms with Crippen molar-refractivity contribution in [1.29, 1.82) is 0 Å². The van der Waals surface area contributed by atoms with E-state index >= 15 is 0 Å². The summed E-state index contributed by atoms with van der Waals surface area (Å²) >= 11 is 3.54. The Balaban J connectivity index is 2.05. The highest BCUT2D eigenvalue weighted by atomic mass is 79.9. The largest absolute Gasteiger partial charge is 0.493 e. The van der Waals surface area contributed by atoms with Crippen molar-refractivity contribution in [1.82, 2.24) is 5.32 Å². The van der Waals surface area contributed by atoms with Gasteiger partial charge < -0.3 is 14.8 Å². The molecule has 1 saturated carbocycles. The van der Waals surface area contributed by atoms with Crippen LogP contribution in [0.1, 0.15) is 32.3 Å². The molecule has 1 aliphatic rings. The zero-order chi connectivity index (χ0) is 14.7. The molecule has 1 fully saturated rings. The van der Waals surface area contributed by atoms with Crippen molar-refractivity contribution in [2.24, 2.45) is 11.8 Å². The van der Waals surface area contributed by atoms with E-state index in [0.717, 1.165) is 34.4 Å². The molecule has 0 amide bonds. The maximum atomic E-state index is 5.38. The van der Waals surface area contributed by atoms with Crippen LogP contribution >= 0.6 is 15.9 Å². The number of hydrogen-bond acceptors (Lipinski definition) is 3. The summed E-state index contributed by atoms with van der Waals surface area (Å²) in [7, 11) is 3.32. The van der Waals surface area contributed by atoms with Crippen molar-refractivity contribution in [3.8, 4) is 11.5 Å². The topological polar surface area (TPSA) is 30.5 Å². The molecule has 0 aromatic heterocycles. The number of ether oxygens (including phenoxy) is 2. The monoisotopic (exact) mass is 341 g/mol. The SMILES string of the molecule is COc1cc(CNC2CCC(C)C2C)cc(Br)c1OC. The number of nitrogens with one attached hydrogen (secondary N) is 1. The molecule has 0 heterocycles. The molecule has 4 heteroatoms. The van der Waals surface area contributed by atoms with Crippen LogP contribution in [-0.2, 0) is 6.54 Å². The van der Waals surface area contributed by atoms with Gasteiger partial charge in [0.05, 0.1) is 18.7 Å². The Hall–Kier alpha value is -0.740. The summed E-state index contributed by atoms with van der Waals surface area (Å²) < 4.78 is 11.7. The van der Waals surface area contributed by atoms with Crippen molar-refractivity contribution >= 4 is 15.9 Å². The van der Waals surface area contributed by atoms with Gasteiger partial charge in [-0.15, -0.1) is 0 Å². The first-order chi connectivity index (χ1) is 9.56. The molecule has 1 aromatic carbocycles. The maximum Gasteiger partial charge on any atom is 0.174 e. The number of methoxy groups -OCH3 is 2. The number of rotatable bonds is 5. The first-order valence-electron chi connectivity index (χ1n) is 7.20. The van der Waals surface area contributed by atoms with E-state index in [1.165, 1.54) is 18.4 Å². The number of benzene rings is 1. The predicted octanol–water partition coefficient (Wildman–Crippen LogP) is 3.99. The van der Waals surface area contributed by atoms with E-state index in [4.69, 9.17) is 9.47 Å². The van der Waals surface area contributed by atoms with Crippen LogP contribution in [0.25, 0.3) is 0 Å². The highest BCUT2D eigenvalue weighted by Crippen LogP contribution is 2.36. The van der Waals surface area contributed by atoms with Crippen LogP contribution in [0.4, 0.5) is 0 Å². The van der Waals surface area contributed by atoms with Gasteiger partial charge in [0.1, 0.15) is 0 Å². The minimum absolute atomic E-state index is 0.622. The molecule has 3 atom stereocenters. The molecule has 0 radical (unpaired) electrons. The molecular formula is C16H24BrNO2. The van der Waals surface area contributed by atoms with Crippen molar-refractivity contribution in [2.45, 2.75) is 39.3 Å². The van der Waals surface area contributed by atoms with Crippen molar-refractivity contribution in [2.75, 3.05) is 14.2 Å². The first-order valence-corrected chi connectivity index (χ1v) is 8.00. The Morgan fingerprint density at radius 1 is 1.20 bits per heavy atom. The van der Waals surface area contributed by atoms with E-state index in [1.807, 2.05) is 6.07 Å². The van der Waals surface area contributed by atoms with E-state index < -0.39 is 0 Å². The van der Waals surface area contributed by atoms with E-state index in [2.05, 4.69) is 41.2 Å². The molecular weight excluding hydrogens is 318 g/mol. The van der Waals surface area contributed by atoms with E-state index in [0.29, 0.717) is 6.04 Å². The second-order valence-electron chi connectivity index (χ2n) is 5.71. The molecule has 0 spiro atoms. The maximum absolute atomic E-state index is 5.38. The highest BCUT2D eigenvalue weighted by Gasteiger charge is 2.29. The van der Waals surface area contributed by atoms with Gasteiger partial charge in [-0.05, 0) is 58.3 Å². The fourth-order valence-corrected chi connectivity index (χ4v) is 3.63. The van der Waals surface area contributed by atoms with Crippen LogP contribution in [0, 0.1) is 11.8 Å². The normalized spacial score (nSPS) is 25.8. The van der Waals surface area contributed by atoms with Crippen molar-refractivity contribution < 1.29 is 9.47 Å². The van der Waals surface area contributed by atoms with Crippen LogP contribution in [0.5, 0.6) is 11.5 Å². The highest BCUT2D eigenvalue weighted by molar-refractivity contribution is 9.10. The average Bonchev–Trinajstić information content (AvgIpc) is 2.76. The van der Waals surface area contributed by atoms with E-state index in [-0.39, 0.29) is 0 Å². The minimum atomic E-state index is 0.622.